The summed E-state index contributed by atoms with van der Waals surface area (Å²) in [4.78, 5) is 27.3. The molecule has 4 atom stereocenters. The second-order valence-corrected chi connectivity index (χ2v) is 9.82. The summed E-state index contributed by atoms with van der Waals surface area (Å²) < 4.78 is 36.5. The van der Waals surface area contributed by atoms with Gasteiger partial charge < -0.3 is 34.3 Å². The first kappa shape index (κ1) is 25.1. The molecule has 2 N–H and O–H groups in total. The first-order valence-corrected chi connectivity index (χ1v) is 12.7. The number of aliphatic hydroxyl groups excluding tert-OH is 1. The second kappa shape index (κ2) is 10.2. The van der Waals surface area contributed by atoms with Crippen molar-refractivity contribution in [1.29, 1.82) is 0 Å². The fourth-order valence-electron chi connectivity index (χ4n) is 5.37. The van der Waals surface area contributed by atoms with Crippen molar-refractivity contribution >= 4 is 23.2 Å². The number of rotatable bonds is 6. The van der Waals surface area contributed by atoms with E-state index in [-0.39, 0.29) is 37.6 Å². The molecule has 0 saturated carbocycles. The van der Waals surface area contributed by atoms with Gasteiger partial charge in [-0.05, 0) is 61.0 Å². The highest BCUT2D eigenvalue weighted by molar-refractivity contribution is 6.04. The van der Waals surface area contributed by atoms with Crippen LogP contribution in [0.5, 0.6) is 17.2 Å². The molecular formula is C29H27FN2O7. The molecule has 3 aliphatic rings. The highest BCUT2D eigenvalue weighted by Crippen LogP contribution is 2.47. The minimum Gasteiger partial charge on any atom is -0.487 e. The molecule has 3 aliphatic heterocycles. The zero-order chi connectivity index (χ0) is 27.1. The molecule has 10 heteroatoms. The van der Waals surface area contributed by atoms with Crippen LogP contribution < -0.4 is 24.4 Å². The van der Waals surface area contributed by atoms with Crippen molar-refractivity contribution in [3.8, 4) is 17.2 Å². The number of ether oxygens (including phenoxy) is 4. The maximum atomic E-state index is 13.7. The predicted molar refractivity (Wildman–Crippen MR) is 139 cm³/mol. The Balaban J connectivity index is 1.17. The number of hydrogen-bond donors (Lipinski definition) is 2. The highest BCUT2D eigenvalue weighted by atomic mass is 19.1. The zero-order valence-electron chi connectivity index (χ0n) is 21.1. The van der Waals surface area contributed by atoms with Crippen molar-refractivity contribution in [3.05, 3.63) is 77.6 Å². The van der Waals surface area contributed by atoms with Gasteiger partial charge in [0.1, 0.15) is 23.8 Å². The van der Waals surface area contributed by atoms with Crippen LogP contribution in [0.3, 0.4) is 0 Å². The highest BCUT2D eigenvalue weighted by Gasteiger charge is 2.46. The second-order valence-electron chi connectivity index (χ2n) is 9.82. The maximum absolute atomic E-state index is 13.7. The molecule has 3 aromatic rings. The topological polar surface area (TPSA) is 107 Å². The fourth-order valence-corrected chi connectivity index (χ4v) is 5.37. The Morgan fingerprint density at radius 1 is 1.05 bits per heavy atom. The average molecular weight is 535 g/mol. The number of fused-ring (bicyclic) bond motifs is 4. The van der Waals surface area contributed by atoms with E-state index in [1.54, 1.807) is 49.5 Å². The maximum Gasteiger partial charge on any atom is 0.255 e. The van der Waals surface area contributed by atoms with Crippen LogP contribution in [0.15, 0.2) is 60.7 Å². The Labute approximate surface area is 224 Å². The lowest BCUT2D eigenvalue weighted by atomic mass is 9.84. The molecule has 9 nitrogen and oxygen atoms in total. The van der Waals surface area contributed by atoms with E-state index in [1.165, 1.54) is 17.0 Å². The Kier molecular flexibility index (Phi) is 6.58. The van der Waals surface area contributed by atoms with E-state index < -0.39 is 24.1 Å². The number of nitrogens with zero attached hydrogens (tertiary/aromatic N) is 1. The Morgan fingerprint density at radius 2 is 1.87 bits per heavy atom. The molecule has 2 amide bonds. The van der Waals surface area contributed by atoms with Crippen LogP contribution in [0.25, 0.3) is 0 Å². The van der Waals surface area contributed by atoms with Crippen molar-refractivity contribution in [2.45, 2.75) is 37.1 Å². The summed E-state index contributed by atoms with van der Waals surface area (Å²) >= 11 is 0. The molecule has 202 valence electrons. The molecule has 0 aromatic heterocycles. The van der Waals surface area contributed by atoms with E-state index in [0.29, 0.717) is 40.6 Å². The van der Waals surface area contributed by atoms with Crippen molar-refractivity contribution < 1.29 is 38.0 Å². The predicted octanol–water partition coefficient (Wildman–Crippen LogP) is 3.85. The minimum absolute atomic E-state index is 0.0581. The lowest BCUT2D eigenvalue weighted by Crippen LogP contribution is -2.47. The largest absolute Gasteiger partial charge is 0.487 e. The molecule has 39 heavy (non-hydrogen) atoms. The number of nitrogens with one attached hydrogen (secondary N) is 1. The first-order chi connectivity index (χ1) is 18.9. The van der Waals surface area contributed by atoms with Crippen LogP contribution in [0.4, 0.5) is 15.8 Å². The molecule has 6 rings (SSSR count). The van der Waals surface area contributed by atoms with Gasteiger partial charge in [0.15, 0.2) is 11.5 Å². The number of hydrogen-bond acceptors (Lipinski definition) is 7. The summed E-state index contributed by atoms with van der Waals surface area (Å²) in [7, 11) is 1.59. The van der Waals surface area contributed by atoms with Gasteiger partial charge in [0, 0.05) is 35.5 Å². The number of anilines is 2. The van der Waals surface area contributed by atoms with E-state index in [2.05, 4.69) is 5.32 Å². The molecule has 0 bridgehead atoms. The van der Waals surface area contributed by atoms with Crippen LogP contribution in [-0.4, -0.2) is 55.7 Å². The van der Waals surface area contributed by atoms with Crippen LogP contribution in [0.1, 0.15) is 34.7 Å². The number of halogens is 1. The molecule has 0 aliphatic carbocycles. The first-order valence-electron chi connectivity index (χ1n) is 12.7. The Morgan fingerprint density at radius 3 is 2.69 bits per heavy atom. The van der Waals surface area contributed by atoms with Crippen molar-refractivity contribution in [1.82, 2.24) is 0 Å². The van der Waals surface area contributed by atoms with E-state index >= 15 is 0 Å². The SMILES string of the molecule is CN(C(=O)C[C@H]1CC2c3cc(NC(=O)c4ccc5c(c4)OCO5)ccc3O[C@H]2[C@@H](CO)O1)c1cccc(F)c1. The molecule has 1 fully saturated rings. The normalized spacial score (nSPS) is 22.4. The molecule has 0 spiro atoms. The van der Waals surface area contributed by atoms with Gasteiger partial charge in [-0.15, -0.1) is 0 Å². The number of benzene rings is 3. The minimum atomic E-state index is -0.625. The molecule has 3 heterocycles. The van der Waals surface area contributed by atoms with E-state index in [0.717, 1.165) is 5.56 Å². The lowest BCUT2D eigenvalue weighted by Gasteiger charge is -2.37. The lowest BCUT2D eigenvalue weighted by molar-refractivity contribution is -0.140. The Bertz CT molecular complexity index is 1430. The van der Waals surface area contributed by atoms with Gasteiger partial charge in [-0.2, -0.15) is 0 Å². The number of aliphatic hydroxyl groups is 1. The zero-order valence-corrected chi connectivity index (χ0v) is 21.1. The van der Waals surface area contributed by atoms with Crippen LogP contribution in [0, 0.1) is 5.82 Å². The quantitative estimate of drug-likeness (QED) is 0.495. The van der Waals surface area contributed by atoms with Crippen LogP contribution >= 0.6 is 0 Å². The van der Waals surface area contributed by atoms with Crippen molar-refractivity contribution in [2.75, 3.05) is 30.7 Å². The van der Waals surface area contributed by atoms with Gasteiger partial charge in [0.25, 0.3) is 5.91 Å². The summed E-state index contributed by atoms with van der Waals surface area (Å²) in [6.07, 6.45) is -0.982. The number of carbonyl (C=O) groups excluding carboxylic acids is 2. The van der Waals surface area contributed by atoms with Gasteiger partial charge >= 0.3 is 0 Å². The van der Waals surface area contributed by atoms with E-state index in [9.17, 15) is 19.1 Å². The van der Waals surface area contributed by atoms with Crippen LogP contribution in [-0.2, 0) is 9.53 Å². The van der Waals surface area contributed by atoms with Crippen molar-refractivity contribution in [3.63, 3.8) is 0 Å². The molecule has 0 radical (unpaired) electrons. The van der Waals surface area contributed by atoms with E-state index in [1.807, 2.05) is 6.07 Å². The summed E-state index contributed by atoms with van der Waals surface area (Å²) in [5, 5.41) is 13.0. The molecule has 1 unspecified atom stereocenters. The summed E-state index contributed by atoms with van der Waals surface area (Å²) in [5.41, 5.74) is 2.35. The summed E-state index contributed by atoms with van der Waals surface area (Å²) in [5.74, 6) is 0.666. The van der Waals surface area contributed by atoms with E-state index in [4.69, 9.17) is 18.9 Å². The van der Waals surface area contributed by atoms with Gasteiger partial charge in [0.05, 0.1) is 19.1 Å². The number of amides is 2. The van der Waals surface area contributed by atoms with Gasteiger partial charge in [-0.1, -0.05) is 6.07 Å². The van der Waals surface area contributed by atoms with Gasteiger partial charge in [0.2, 0.25) is 12.7 Å². The third-order valence-electron chi connectivity index (χ3n) is 7.36. The Hall–Kier alpha value is -4.15. The number of carbonyl (C=O) groups is 2. The van der Waals surface area contributed by atoms with Gasteiger partial charge in [-0.3, -0.25) is 9.59 Å². The monoisotopic (exact) mass is 534 g/mol. The molecular weight excluding hydrogens is 507 g/mol. The summed E-state index contributed by atoms with van der Waals surface area (Å²) in [6.45, 7) is -0.146. The fraction of sp³-hybridized carbons (Fsp3) is 0.310. The average Bonchev–Trinajstić information content (AvgIpc) is 3.56. The summed E-state index contributed by atoms with van der Waals surface area (Å²) in [6, 6.07) is 16.2. The smallest absolute Gasteiger partial charge is 0.255 e. The van der Waals surface area contributed by atoms with Gasteiger partial charge in [-0.25, -0.2) is 4.39 Å². The standard InChI is InChI=1S/C29H27FN2O7/c1-32(19-4-2-3-17(30)10-19)27(34)13-20-12-22-21-11-18(6-8-23(21)39-28(22)26(14-33)38-20)31-29(35)16-5-7-24-25(9-16)37-15-36-24/h2-11,20,22,26,28,33H,12-15H2,1H3,(H,31,35)/t20-,22?,26-,28-/m1/s1. The third-order valence-corrected chi connectivity index (χ3v) is 7.36. The van der Waals surface area contributed by atoms with Crippen molar-refractivity contribution in [2.24, 2.45) is 0 Å². The van der Waals surface area contributed by atoms with Crippen LogP contribution in [0.2, 0.25) is 0 Å². The molecule has 1 saturated heterocycles. The molecule has 3 aromatic carbocycles. The third kappa shape index (κ3) is 4.88.